The Balaban J connectivity index is 2.86. The van der Waals surface area contributed by atoms with Crippen molar-refractivity contribution in [2.24, 2.45) is 0 Å². The minimum absolute atomic E-state index is 0.254. The zero-order chi connectivity index (χ0) is 10.6. The summed E-state index contributed by atoms with van der Waals surface area (Å²) in [6.07, 6.45) is 0.701. The van der Waals surface area contributed by atoms with Gasteiger partial charge >= 0.3 is 0 Å². The van der Waals surface area contributed by atoms with Gasteiger partial charge in [-0.1, -0.05) is 13.0 Å². The number of nitrogens with one attached hydrogen (secondary N) is 1. The van der Waals surface area contributed by atoms with Crippen molar-refractivity contribution in [3.63, 3.8) is 0 Å². The molecule has 1 aromatic carbocycles. The lowest BCUT2D eigenvalue weighted by atomic mass is 10.1. The molecule has 3 heteroatoms. The van der Waals surface area contributed by atoms with Gasteiger partial charge in [-0.3, -0.25) is 0 Å². The summed E-state index contributed by atoms with van der Waals surface area (Å²) >= 11 is 0. The number of halogens is 1. The topological polar surface area (TPSA) is 35.8 Å². The number of nitrogens with zero attached hydrogens (tertiary/aromatic N) is 1. The predicted molar refractivity (Wildman–Crippen MR) is 54.5 cm³/mol. The van der Waals surface area contributed by atoms with Crippen molar-refractivity contribution in [1.82, 2.24) is 0 Å². The van der Waals surface area contributed by atoms with E-state index in [1.807, 2.05) is 13.8 Å². The van der Waals surface area contributed by atoms with Crippen LogP contribution in [0, 0.1) is 24.1 Å². The summed E-state index contributed by atoms with van der Waals surface area (Å²) in [5.74, 6) is -0.286. The maximum absolute atomic E-state index is 12.9. The third kappa shape index (κ3) is 2.46. The minimum atomic E-state index is -0.286. The first-order chi connectivity index (χ1) is 6.67. The molecule has 1 unspecified atom stereocenters. The van der Waals surface area contributed by atoms with Gasteiger partial charge in [-0.2, -0.15) is 5.26 Å². The number of nitriles is 1. The van der Waals surface area contributed by atoms with Gasteiger partial charge < -0.3 is 5.32 Å². The van der Waals surface area contributed by atoms with E-state index < -0.39 is 0 Å². The Morgan fingerprint density at radius 1 is 1.57 bits per heavy atom. The Labute approximate surface area is 83.4 Å². The maximum atomic E-state index is 12.9. The summed E-state index contributed by atoms with van der Waals surface area (Å²) in [5, 5.41) is 11.7. The van der Waals surface area contributed by atoms with E-state index in [1.54, 1.807) is 6.07 Å². The Morgan fingerprint density at radius 2 is 2.29 bits per heavy atom. The molecule has 0 aliphatic heterocycles. The van der Waals surface area contributed by atoms with E-state index in [0.29, 0.717) is 12.1 Å². The zero-order valence-corrected chi connectivity index (χ0v) is 8.34. The van der Waals surface area contributed by atoms with Gasteiger partial charge in [-0.05, 0) is 31.0 Å². The molecule has 0 fully saturated rings. The molecule has 0 saturated carbocycles. The van der Waals surface area contributed by atoms with Crippen molar-refractivity contribution in [2.45, 2.75) is 26.3 Å². The molecule has 2 nitrogen and oxygen atoms in total. The molecular formula is C11H13FN2. The third-order valence-corrected chi connectivity index (χ3v) is 2.09. The van der Waals surface area contributed by atoms with Crippen LogP contribution in [0.2, 0.25) is 0 Å². The molecule has 0 aliphatic carbocycles. The summed E-state index contributed by atoms with van der Waals surface area (Å²) in [6, 6.07) is 6.38. The number of hydrogen-bond acceptors (Lipinski definition) is 2. The first kappa shape index (κ1) is 10.5. The van der Waals surface area contributed by atoms with Gasteiger partial charge in [0.05, 0.1) is 6.07 Å². The van der Waals surface area contributed by atoms with Crippen molar-refractivity contribution in [3.8, 4) is 6.07 Å². The van der Waals surface area contributed by atoms with Gasteiger partial charge in [0.25, 0.3) is 0 Å². The van der Waals surface area contributed by atoms with E-state index in [4.69, 9.17) is 5.26 Å². The second kappa shape index (κ2) is 4.61. The summed E-state index contributed by atoms with van der Waals surface area (Å²) in [6.45, 7) is 3.79. The van der Waals surface area contributed by atoms with Crippen LogP contribution in [0.3, 0.4) is 0 Å². The SMILES string of the molecule is CCC(C#N)Nc1cc(F)ccc1C. The molecule has 0 amide bonds. The van der Waals surface area contributed by atoms with Crippen LogP contribution in [0.1, 0.15) is 18.9 Å². The van der Waals surface area contributed by atoms with E-state index in [2.05, 4.69) is 11.4 Å². The Bertz CT molecular complexity index is 355. The van der Waals surface area contributed by atoms with E-state index in [0.717, 1.165) is 5.56 Å². The van der Waals surface area contributed by atoms with Crippen LogP contribution in [0.4, 0.5) is 10.1 Å². The molecule has 0 spiro atoms. The van der Waals surface area contributed by atoms with Crippen LogP contribution in [0.15, 0.2) is 18.2 Å². The molecule has 0 heterocycles. The highest BCUT2D eigenvalue weighted by Crippen LogP contribution is 2.17. The highest BCUT2D eigenvalue weighted by molar-refractivity contribution is 5.52. The average Bonchev–Trinajstić information content (AvgIpc) is 2.19. The fourth-order valence-electron chi connectivity index (χ4n) is 1.16. The molecule has 1 N–H and O–H groups in total. The second-order valence-corrected chi connectivity index (χ2v) is 3.19. The molecular weight excluding hydrogens is 179 g/mol. The van der Waals surface area contributed by atoms with Crippen molar-refractivity contribution in [1.29, 1.82) is 5.26 Å². The van der Waals surface area contributed by atoms with Gasteiger partial charge in [0.2, 0.25) is 0 Å². The second-order valence-electron chi connectivity index (χ2n) is 3.19. The molecule has 1 aromatic rings. The average molecular weight is 192 g/mol. The molecule has 0 saturated heterocycles. The number of hydrogen-bond donors (Lipinski definition) is 1. The van der Waals surface area contributed by atoms with Crippen LogP contribution >= 0.6 is 0 Å². The minimum Gasteiger partial charge on any atom is -0.370 e. The molecule has 0 radical (unpaired) electrons. The van der Waals surface area contributed by atoms with Crippen LogP contribution in [-0.2, 0) is 0 Å². The van der Waals surface area contributed by atoms with E-state index >= 15 is 0 Å². The fourth-order valence-corrected chi connectivity index (χ4v) is 1.16. The lowest BCUT2D eigenvalue weighted by Crippen LogP contribution is -2.16. The highest BCUT2D eigenvalue weighted by atomic mass is 19.1. The van der Waals surface area contributed by atoms with E-state index in [1.165, 1.54) is 12.1 Å². The van der Waals surface area contributed by atoms with Crippen molar-refractivity contribution < 1.29 is 4.39 Å². The highest BCUT2D eigenvalue weighted by Gasteiger charge is 2.06. The van der Waals surface area contributed by atoms with Crippen LogP contribution in [0.5, 0.6) is 0 Å². The molecule has 74 valence electrons. The third-order valence-electron chi connectivity index (χ3n) is 2.09. The Kier molecular flexibility index (Phi) is 3.47. The maximum Gasteiger partial charge on any atom is 0.125 e. The van der Waals surface area contributed by atoms with Gasteiger partial charge in [0.15, 0.2) is 0 Å². The Hall–Kier alpha value is -1.56. The monoisotopic (exact) mass is 192 g/mol. The summed E-state index contributed by atoms with van der Waals surface area (Å²) in [5.41, 5.74) is 1.64. The summed E-state index contributed by atoms with van der Waals surface area (Å²) in [7, 11) is 0. The van der Waals surface area contributed by atoms with Crippen LogP contribution < -0.4 is 5.32 Å². The van der Waals surface area contributed by atoms with E-state index in [-0.39, 0.29) is 11.9 Å². The Morgan fingerprint density at radius 3 is 2.86 bits per heavy atom. The van der Waals surface area contributed by atoms with Crippen molar-refractivity contribution in [2.75, 3.05) is 5.32 Å². The van der Waals surface area contributed by atoms with Crippen LogP contribution in [-0.4, -0.2) is 6.04 Å². The molecule has 0 bridgehead atoms. The number of rotatable bonds is 3. The van der Waals surface area contributed by atoms with Gasteiger partial charge in [-0.15, -0.1) is 0 Å². The van der Waals surface area contributed by atoms with Crippen molar-refractivity contribution in [3.05, 3.63) is 29.6 Å². The molecule has 14 heavy (non-hydrogen) atoms. The molecule has 1 atom stereocenters. The molecule has 1 rings (SSSR count). The standard InChI is InChI=1S/C11H13FN2/c1-3-10(7-13)14-11-6-9(12)5-4-8(11)2/h4-6,10,14H,3H2,1-2H3. The zero-order valence-electron chi connectivity index (χ0n) is 8.34. The normalized spacial score (nSPS) is 11.9. The van der Waals surface area contributed by atoms with Gasteiger partial charge in [0.1, 0.15) is 11.9 Å². The lowest BCUT2D eigenvalue weighted by molar-refractivity contribution is 0.627. The van der Waals surface area contributed by atoms with Crippen LogP contribution in [0.25, 0.3) is 0 Å². The first-order valence-corrected chi connectivity index (χ1v) is 4.59. The predicted octanol–water partition coefficient (Wildman–Crippen LogP) is 2.85. The smallest absolute Gasteiger partial charge is 0.125 e. The quantitative estimate of drug-likeness (QED) is 0.799. The fraction of sp³-hybridized carbons (Fsp3) is 0.364. The molecule has 0 aliphatic rings. The summed E-state index contributed by atoms with van der Waals surface area (Å²) in [4.78, 5) is 0. The van der Waals surface area contributed by atoms with E-state index in [9.17, 15) is 4.39 Å². The van der Waals surface area contributed by atoms with Gasteiger partial charge in [0, 0.05) is 5.69 Å². The lowest BCUT2D eigenvalue weighted by Gasteiger charge is -2.12. The largest absolute Gasteiger partial charge is 0.370 e. The van der Waals surface area contributed by atoms with Gasteiger partial charge in [-0.25, -0.2) is 4.39 Å². The van der Waals surface area contributed by atoms with Crippen molar-refractivity contribution >= 4 is 5.69 Å². The molecule has 0 aromatic heterocycles. The summed E-state index contributed by atoms with van der Waals surface area (Å²) < 4.78 is 12.9. The first-order valence-electron chi connectivity index (χ1n) is 4.59. The number of benzene rings is 1. The number of anilines is 1. The number of aryl methyl sites for hydroxylation is 1.